The smallest absolute Gasteiger partial charge is 0.242 e. The zero-order valence-corrected chi connectivity index (χ0v) is 12.8. The first-order valence-electron chi connectivity index (χ1n) is 6.08. The van der Waals surface area contributed by atoms with Crippen LogP contribution in [-0.2, 0) is 10.0 Å². The van der Waals surface area contributed by atoms with Crippen LogP contribution in [0.2, 0.25) is 0 Å². The van der Waals surface area contributed by atoms with Crippen LogP contribution < -0.4 is 10.5 Å². The molecule has 5 nitrogen and oxygen atoms in total. The van der Waals surface area contributed by atoms with Gasteiger partial charge in [0.15, 0.2) is 0 Å². The van der Waals surface area contributed by atoms with Gasteiger partial charge in [0.05, 0.1) is 17.0 Å². The summed E-state index contributed by atoms with van der Waals surface area (Å²) in [5.41, 5.74) is 5.37. The number of hydrogen-bond acceptors (Lipinski definition) is 4. The van der Waals surface area contributed by atoms with Crippen LogP contribution in [0, 0.1) is 0 Å². The van der Waals surface area contributed by atoms with Crippen LogP contribution in [0.25, 0.3) is 0 Å². The highest BCUT2D eigenvalue weighted by atomic mass is 79.9. The van der Waals surface area contributed by atoms with E-state index in [0.717, 1.165) is 12.8 Å². The Balaban J connectivity index is 2.32. The molecule has 0 unspecified atom stereocenters. The number of hydrogen-bond donors (Lipinski definition) is 3. The third kappa shape index (κ3) is 3.10. The van der Waals surface area contributed by atoms with Gasteiger partial charge in [0, 0.05) is 10.2 Å². The van der Waals surface area contributed by atoms with Gasteiger partial charge < -0.3 is 10.8 Å². The number of sulfonamides is 1. The Hall–Kier alpha value is -0.630. The lowest BCUT2D eigenvalue weighted by Crippen LogP contribution is -2.49. The molecule has 1 aliphatic rings. The highest BCUT2D eigenvalue weighted by Gasteiger charge is 2.37. The highest BCUT2D eigenvalue weighted by molar-refractivity contribution is 9.10. The summed E-state index contributed by atoms with van der Waals surface area (Å²) >= 11 is 3.21. The van der Waals surface area contributed by atoms with Gasteiger partial charge in [-0.1, -0.05) is 12.8 Å². The van der Waals surface area contributed by atoms with E-state index in [1.54, 1.807) is 12.1 Å². The third-order valence-electron chi connectivity index (χ3n) is 3.46. The summed E-state index contributed by atoms with van der Waals surface area (Å²) in [7, 11) is -3.67. The van der Waals surface area contributed by atoms with Gasteiger partial charge in [0.2, 0.25) is 10.0 Å². The summed E-state index contributed by atoms with van der Waals surface area (Å²) in [6.45, 7) is -0.182. The van der Waals surface area contributed by atoms with Gasteiger partial charge in [-0.15, -0.1) is 0 Å². The molecule has 4 N–H and O–H groups in total. The lowest BCUT2D eigenvalue weighted by Gasteiger charge is -2.27. The van der Waals surface area contributed by atoms with E-state index < -0.39 is 15.6 Å². The predicted octanol–water partition coefficient (Wildman–Crippen LogP) is 1.61. The molecule has 0 amide bonds. The average Bonchev–Trinajstić information content (AvgIpc) is 2.77. The second-order valence-electron chi connectivity index (χ2n) is 4.94. The van der Waals surface area contributed by atoms with Crippen molar-refractivity contribution in [1.29, 1.82) is 0 Å². The van der Waals surface area contributed by atoms with Crippen LogP contribution in [0.15, 0.2) is 27.6 Å². The Morgan fingerprint density at radius 2 is 2.00 bits per heavy atom. The molecule has 1 aromatic rings. The molecule has 1 saturated carbocycles. The van der Waals surface area contributed by atoms with E-state index in [0.29, 0.717) is 23.0 Å². The summed E-state index contributed by atoms with van der Waals surface area (Å²) in [6, 6.07) is 4.55. The Morgan fingerprint density at radius 3 is 2.53 bits per heavy atom. The first-order valence-corrected chi connectivity index (χ1v) is 8.36. The molecule has 0 bridgehead atoms. The monoisotopic (exact) mass is 348 g/mol. The highest BCUT2D eigenvalue weighted by Crippen LogP contribution is 2.32. The molecule has 1 aromatic carbocycles. The maximum atomic E-state index is 12.4. The average molecular weight is 349 g/mol. The van der Waals surface area contributed by atoms with Crippen molar-refractivity contribution >= 4 is 31.6 Å². The quantitative estimate of drug-likeness (QED) is 0.720. The molecule has 0 saturated heterocycles. The number of nitrogens with two attached hydrogens (primary N) is 1. The lowest BCUT2D eigenvalue weighted by atomic mass is 10.0. The third-order valence-corrected chi connectivity index (χ3v) is 6.01. The van der Waals surface area contributed by atoms with Crippen molar-refractivity contribution < 1.29 is 13.5 Å². The van der Waals surface area contributed by atoms with Gasteiger partial charge in [0.25, 0.3) is 0 Å². The first kappa shape index (κ1) is 14.8. The van der Waals surface area contributed by atoms with Gasteiger partial charge >= 0.3 is 0 Å². The molecule has 0 atom stereocenters. The molecule has 106 valence electrons. The van der Waals surface area contributed by atoms with E-state index in [-0.39, 0.29) is 11.5 Å². The number of anilines is 1. The molecule has 0 spiro atoms. The normalized spacial score (nSPS) is 18.6. The second kappa shape index (κ2) is 5.40. The zero-order chi connectivity index (χ0) is 14.1. The minimum Gasteiger partial charge on any atom is -0.399 e. The molecule has 0 aromatic heterocycles. The minimum absolute atomic E-state index is 0.140. The number of aliphatic hydroxyl groups excluding tert-OH is 1. The molecule has 19 heavy (non-hydrogen) atoms. The lowest BCUT2D eigenvalue weighted by molar-refractivity contribution is 0.185. The predicted molar refractivity (Wildman–Crippen MR) is 77.2 cm³/mol. The van der Waals surface area contributed by atoms with E-state index in [2.05, 4.69) is 20.7 Å². The van der Waals surface area contributed by atoms with Crippen molar-refractivity contribution in [3.8, 4) is 0 Å². The van der Waals surface area contributed by atoms with Gasteiger partial charge in [-0.3, -0.25) is 0 Å². The fourth-order valence-electron chi connectivity index (χ4n) is 2.42. The van der Waals surface area contributed by atoms with Gasteiger partial charge in [-0.05, 0) is 47.0 Å². The van der Waals surface area contributed by atoms with Crippen molar-refractivity contribution in [2.75, 3.05) is 12.3 Å². The van der Waals surface area contributed by atoms with Gasteiger partial charge in [-0.2, -0.15) is 0 Å². The molecular weight excluding hydrogens is 332 g/mol. The van der Waals surface area contributed by atoms with Crippen LogP contribution in [-0.4, -0.2) is 25.7 Å². The van der Waals surface area contributed by atoms with E-state index in [4.69, 9.17) is 5.73 Å². The van der Waals surface area contributed by atoms with Crippen LogP contribution in [0.5, 0.6) is 0 Å². The summed E-state index contributed by atoms with van der Waals surface area (Å²) in [5.74, 6) is 0. The van der Waals surface area contributed by atoms with Crippen LogP contribution in [0.3, 0.4) is 0 Å². The van der Waals surface area contributed by atoms with Crippen molar-refractivity contribution in [1.82, 2.24) is 4.72 Å². The number of benzene rings is 1. The molecule has 7 heteroatoms. The number of aliphatic hydroxyl groups is 1. The zero-order valence-electron chi connectivity index (χ0n) is 10.4. The fourth-order valence-corrected chi connectivity index (χ4v) is 4.97. The molecule has 0 radical (unpaired) electrons. The number of rotatable bonds is 4. The van der Waals surface area contributed by atoms with Crippen LogP contribution >= 0.6 is 15.9 Å². The molecule has 0 heterocycles. The SMILES string of the molecule is Nc1ccc(S(=O)(=O)NC2(CO)CCCC2)c(Br)c1. The van der Waals surface area contributed by atoms with Crippen LogP contribution in [0.4, 0.5) is 5.69 Å². The van der Waals surface area contributed by atoms with Crippen molar-refractivity contribution in [3.05, 3.63) is 22.7 Å². The summed E-state index contributed by atoms with van der Waals surface area (Å²) in [6.07, 6.45) is 3.17. The standard InChI is InChI=1S/C12H17BrN2O3S/c13-10-7-9(14)3-4-11(10)19(17,18)15-12(8-16)5-1-2-6-12/h3-4,7,15-16H,1-2,5-6,8,14H2. The topological polar surface area (TPSA) is 92.4 Å². The molecule has 1 aliphatic carbocycles. The number of nitrogens with one attached hydrogen (secondary N) is 1. The van der Waals surface area contributed by atoms with E-state index in [9.17, 15) is 13.5 Å². The Kier molecular flexibility index (Phi) is 4.20. The Morgan fingerprint density at radius 1 is 1.37 bits per heavy atom. The van der Waals surface area contributed by atoms with E-state index >= 15 is 0 Å². The van der Waals surface area contributed by atoms with Crippen molar-refractivity contribution in [2.24, 2.45) is 0 Å². The first-order chi connectivity index (χ1) is 8.88. The largest absolute Gasteiger partial charge is 0.399 e. The number of halogens is 1. The van der Waals surface area contributed by atoms with E-state index in [1.807, 2.05) is 0 Å². The summed E-state index contributed by atoms with van der Waals surface area (Å²) in [5, 5.41) is 9.48. The summed E-state index contributed by atoms with van der Waals surface area (Å²) in [4.78, 5) is 0.140. The Bertz CT molecular complexity index is 568. The maximum absolute atomic E-state index is 12.4. The van der Waals surface area contributed by atoms with Gasteiger partial charge in [-0.25, -0.2) is 13.1 Å². The van der Waals surface area contributed by atoms with Gasteiger partial charge in [0.1, 0.15) is 0 Å². The fraction of sp³-hybridized carbons (Fsp3) is 0.500. The van der Waals surface area contributed by atoms with E-state index in [1.165, 1.54) is 6.07 Å². The number of nitrogen functional groups attached to an aromatic ring is 1. The molecule has 1 fully saturated rings. The second-order valence-corrected chi connectivity index (χ2v) is 7.45. The van der Waals surface area contributed by atoms with Crippen LogP contribution in [0.1, 0.15) is 25.7 Å². The minimum atomic E-state index is -3.67. The Labute approximate surface area is 121 Å². The van der Waals surface area contributed by atoms with Crippen molar-refractivity contribution in [2.45, 2.75) is 36.1 Å². The molecular formula is C12H17BrN2O3S. The summed E-state index contributed by atoms with van der Waals surface area (Å²) < 4.78 is 27.9. The maximum Gasteiger partial charge on any atom is 0.242 e. The molecule has 0 aliphatic heterocycles. The van der Waals surface area contributed by atoms with Crippen molar-refractivity contribution in [3.63, 3.8) is 0 Å². The molecule has 2 rings (SSSR count).